The van der Waals surface area contributed by atoms with Crippen LogP contribution in [0.5, 0.6) is 5.75 Å². The topological polar surface area (TPSA) is 58.6 Å². The molecular weight excluding hydrogens is 456 g/mol. The van der Waals surface area contributed by atoms with E-state index in [1.807, 2.05) is 61.5 Å². The van der Waals surface area contributed by atoms with Gasteiger partial charge in [0.1, 0.15) is 11.8 Å². The minimum Gasteiger partial charge on any atom is -0.497 e. The van der Waals surface area contributed by atoms with Gasteiger partial charge in [-0.2, -0.15) is 0 Å². The van der Waals surface area contributed by atoms with Gasteiger partial charge in [0, 0.05) is 25.3 Å². The maximum Gasteiger partial charge on any atom is 0.243 e. The first-order chi connectivity index (χ1) is 17.0. The summed E-state index contributed by atoms with van der Waals surface area (Å²) in [5, 5.41) is 2.93. The Morgan fingerprint density at radius 3 is 2.34 bits per heavy atom. The molecule has 0 fully saturated rings. The highest BCUT2D eigenvalue weighted by Crippen LogP contribution is 2.20. The number of thioether (sulfide) groups is 1. The van der Waals surface area contributed by atoms with E-state index in [2.05, 4.69) is 36.5 Å². The molecule has 1 N–H and O–H groups in total. The van der Waals surface area contributed by atoms with Crippen LogP contribution in [0.15, 0.2) is 78.9 Å². The fourth-order valence-corrected chi connectivity index (χ4v) is 4.71. The van der Waals surface area contributed by atoms with Crippen molar-refractivity contribution in [2.45, 2.75) is 38.6 Å². The van der Waals surface area contributed by atoms with E-state index in [1.165, 1.54) is 11.1 Å². The molecule has 0 radical (unpaired) electrons. The normalized spacial score (nSPS) is 11.5. The van der Waals surface area contributed by atoms with Crippen molar-refractivity contribution in [2.24, 2.45) is 0 Å². The third-order valence-corrected chi connectivity index (χ3v) is 6.71. The number of benzene rings is 3. The Bertz CT molecular complexity index is 1090. The number of hydrogen-bond donors (Lipinski definition) is 1. The second-order valence-electron chi connectivity index (χ2n) is 8.45. The first-order valence-corrected chi connectivity index (χ1v) is 13.0. The highest BCUT2D eigenvalue weighted by molar-refractivity contribution is 7.99. The lowest BCUT2D eigenvalue weighted by Gasteiger charge is -2.31. The summed E-state index contributed by atoms with van der Waals surface area (Å²) in [6.07, 6.45) is 0.449. The van der Waals surface area contributed by atoms with Gasteiger partial charge in [-0.3, -0.25) is 9.59 Å². The van der Waals surface area contributed by atoms with Crippen molar-refractivity contribution >= 4 is 23.6 Å². The maximum absolute atomic E-state index is 13.6. The van der Waals surface area contributed by atoms with E-state index in [0.29, 0.717) is 25.3 Å². The summed E-state index contributed by atoms with van der Waals surface area (Å²) in [7, 11) is 1.62. The average molecular weight is 491 g/mol. The Balaban J connectivity index is 1.83. The molecule has 0 spiro atoms. The molecular formula is C29H34N2O3S. The molecule has 0 aliphatic carbocycles. The van der Waals surface area contributed by atoms with Gasteiger partial charge in [0.25, 0.3) is 0 Å². The molecule has 5 nitrogen and oxygen atoms in total. The summed E-state index contributed by atoms with van der Waals surface area (Å²) in [5.41, 5.74) is 4.32. The van der Waals surface area contributed by atoms with Crippen LogP contribution in [0.2, 0.25) is 0 Å². The number of methoxy groups -OCH3 is 1. The highest BCUT2D eigenvalue weighted by Gasteiger charge is 2.30. The van der Waals surface area contributed by atoms with Crippen LogP contribution in [0.1, 0.15) is 29.2 Å². The maximum atomic E-state index is 13.6. The number of aryl methyl sites for hydroxylation is 1. The van der Waals surface area contributed by atoms with Crippen LogP contribution in [0.4, 0.5) is 0 Å². The SMILES string of the molecule is CCNC(=O)C(Cc1ccccc1)N(Cc1cccc(OC)c1)C(=O)CSCc1ccc(C)cc1. The van der Waals surface area contributed by atoms with Crippen molar-refractivity contribution in [1.29, 1.82) is 0 Å². The first-order valence-electron chi connectivity index (χ1n) is 11.9. The number of amides is 2. The fourth-order valence-electron chi connectivity index (χ4n) is 3.84. The van der Waals surface area contributed by atoms with Crippen molar-refractivity contribution in [3.05, 3.63) is 101 Å². The van der Waals surface area contributed by atoms with Gasteiger partial charge >= 0.3 is 0 Å². The number of carbonyl (C=O) groups is 2. The van der Waals surface area contributed by atoms with E-state index in [0.717, 1.165) is 22.6 Å². The Hall–Kier alpha value is -3.25. The monoisotopic (exact) mass is 490 g/mol. The zero-order valence-electron chi connectivity index (χ0n) is 20.7. The summed E-state index contributed by atoms with van der Waals surface area (Å²) < 4.78 is 5.37. The lowest BCUT2D eigenvalue weighted by molar-refractivity contribution is -0.139. The van der Waals surface area contributed by atoms with Crippen LogP contribution < -0.4 is 10.1 Å². The van der Waals surface area contributed by atoms with Crippen molar-refractivity contribution in [1.82, 2.24) is 10.2 Å². The van der Waals surface area contributed by atoms with Crippen LogP contribution in [-0.2, 0) is 28.3 Å². The van der Waals surface area contributed by atoms with E-state index in [9.17, 15) is 9.59 Å². The summed E-state index contributed by atoms with van der Waals surface area (Å²) in [4.78, 5) is 28.5. The molecule has 6 heteroatoms. The van der Waals surface area contributed by atoms with Crippen LogP contribution in [0.3, 0.4) is 0 Å². The molecule has 3 aromatic carbocycles. The third kappa shape index (κ3) is 8.18. The van der Waals surface area contributed by atoms with Gasteiger partial charge in [0.2, 0.25) is 11.8 Å². The molecule has 35 heavy (non-hydrogen) atoms. The number of rotatable bonds is 12. The molecule has 3 rings (SSSR count). The summed E-state index contributed by atoms with van der Waals surface area (Å²) >= 11 is 1.57. The summed E-state index contributed by atoms with van der Waals surface area (Å²) in [6.45, 7) is 4.79. The van der Waals surface area contributed by atoms with Crippen LogP contribution in [0, 0.1) is 6.92 Å². The van der Waals surface area contributed by atoms with Gasteiger partial charge in [-0.15, -0.1) is 11.8 Å². The van der Waals surface area contributed by atoms with E-state index in [4.69, 9.17) is 4.74 Å². The summed E-state index contributed by atoms with van der Waals surface area (Å²) in [5.74, 6) is 1.56. The van der Waals surface area contributed by atoms with E-state index >= 15 is 0 Å². The van der Waals surface area contributed by atoms with Gasteiger partial charge in [-0.05, 0) is 42.7 Å². The standard InChI is InChI=1S/C29H34N2O3S/c1-4-30-29(33)27(18-23-9-6-5-7-10-23)31(19-25-11-8-12-26(17-25)34-3)28(32)21-35-20-24-15-13-22(2)14-16-24/h5-17,27H,4,18-21H2,1-3H3,(H,30,33). The second kappa shape index (κ2) is 13.6. The van der Waals surface area contributed by atoms with Crippen molar-refractivity contribution in [3.63, 3.8) is 0 Å². The first kappa shape index (κ1) is 26.4. The van der Waals surface area contributed by atoms with Crippen LogP contribution >= 0.6 is 11.8 Å². The van der Waals surface area contributed by atoms with Crippen molar-refractivity contribution < 1.29 is 14.3 Å². The second-order valence-corrected chi connectivity index (χ2v) is 9.44. The van der Waals surface area contributed by atoms with Gasteiger partial charge in [0.05, 0.1) is 12.9 Å². The van der Waals surface area contributed by atoms with Crippen LogP contribution in [0.25, 0.3) is 0 Å². The minimum absolute atomic E-state index is 0.0582. The molecule has 1 unspecified atom stereocenters. The molecule has 0 saturated carbocycles. The van der Waals surface area contributed by atoms with Gasteiger partial charge < -0.3 is 15.0 Å². The van der Waals surface area contributed by atoms with Crippen molar-refractivity contribution in [2.75, 3.05) is 19.4 Å². The Morgan fingerprint density at radius 2 is 1.66 bits per heavy atom. The quantitative estimate of drug-likeness (QED) is 0.388. The number of hydrogen-bond acceptors (Lipinski definition) is 4. The molecule has 0 bridgehead atoms. The average Bonchev–Trinajstić information content (AvgIpc) is 2.88. The molecule has 1 atom stereocenters. The smallest absolute Gasteiger partial charge is 0.243 e. The largest absolute Gasteiger partial charge is 0.497 e. The van der Waals surface area contributed by atoms with Crippen LogP contribution in [-0.4, -0.2) is 42.2 Å². The van der Waals surface area contributed by atoms with E-state index in [1.54, 1.807) is 23.8 Å². The number of nitrogens with one attached hydrogen (secondary N) is 1. The number of carbonyl (C=O) groups excluding carboxylic acids is 2. The minimum atomic E-state index is -0.615. The fraction of sp³-hybridized carbons (Fsp3) is 0.310. The Morgan fingerprint density at radius 1 is 0.943 bits per heavy atom. The van der Waals surface area contributed by atoms with Gasteiger partial charge in [0.15, 0.2) is 0 Å². The molecule has 0 aromatic heterocycles. The predicted octanol–water partition coefficient (Wildman–Crippen LogP) is 5.01. The van der Waals surface area contributed by atoms with E-state index < -0.39 is 6.04 Å². The highest BCUT2D eigenvalue weighted by atomic mass is 32.2. The van der Waals surface area contributed by atoms with Gasteiger partial charge in [-0.25, -0.2) is 0 Å². The molecule has 0 aliphatic rings. The summed E-state index contributed by atoms with van der Waals surface area (Å²) in [6, 6.07) is 25.2. The zero-order chi connectivity index (χ0) is 25.0. The van der Waals surface area contributed by atoms with E-state index in [-0.39, 0.29) is 11.8 Å². The Labute approximate surface area is 212 Å². The molecule has 2 amide bonds. The zero-order valence-corrected chi connectivity index (χ0v) is 21.5. The molecule has 0 aliphatic heterocycles. The van der Waals surface area contributed by atoms with Gasteiger partial charge in [-0.1, -0.05) is 72.3 Å². The third-order valence-electron chi connectivity index (χ3n) is 5.72. The predicted molar refractivity (Wildman–Crippen MR) is 144 cm³/mol. The number of nitrogens with zero attached hydrogens (tertiary/aromatic N) is 1. The van der Waals surface area contributed by atoms with Crippen molar-refractivity contribution in [3.8, 4) is 5.75 Å². The lowest BCUT2D eigenvalue weighted by Crippen LogP contribution is -2.51. The molecule has 0 saturated heterocycles. The molecule has 184 valence electrons. The molecule has 3 aromatic rings. The Kier molecular flexibility index (Phi) is 10.2. The number of ether oxygens (including phenoxy) is 1. The molecule has 0 heterocycles. The lowest BCUT2D eigenvalue weighted by atomic mass is 10.0. The number of likely N-dealkylation sites (N-methyl/N-ethyl adjacent to an activating group) is 1.